The van der Waals surface area contributed by atoms with Gasteiger partial charge >= 0.3 is 5.97 Å². The van der Waals surface area contributed by atoms with Crippen molar-refractivity contribution in [2.24, 2.45) is 0 Å². The first-order valence-electron chi connectivity index (χ1n) is 13.1. The van der Waals surface area contributed by atoms with Crippen LogP contribution in [-0.4, -0.2) is 59.9 Å². The van der Waals surface area contributed by atoms with Gasteiger partial charge in [-0.2, -0.15) is 0 Å². The van der Waals surface area contributed by atoms with Gasteiger partial charge in [-0.05, 0) is 84.0 Å². The summed E-state index contributed by atoms with van der Waals surface area (Å²) in [5, 5.41) is 0. The quantitative estimate of drug-likeness (QED) is 0.215. The highest BCUT2D eigenvalue weighted by atomic mass is 32.2. The number of benzene rings is 3. The number of rotatable bonds is 13. The largest absolute Gasteiger partial charge is 0.494 e. The van der Waals surface area contributed by atoms with E-state index in [9.17, 15) is 13.2 Å². The smallest absolute Gasteiger partial charge is 0.331 e. The van der Waals surface area contributed by atoms with Gasteiger partial charge in [0, 0.05) is 6.26 Å². The lowest BCUT2D eigenvalue weighted by Gasteiger charge is -2.41. The van der Waals surface area contributed by atoms with Crippen LogP contribution in [0.1, 0.15) is 28.7 Å². The predicted octanol–water partition coefficient (Wildman–Crippen LogP) is 4.78. The van der Waals surface area contributed by atoms with Crippen LogP contribution in [0.2, 0.25) is 0 Å². The number of hydrogen-bond acceptors (Lipinski definition) is 8. The van der Waals surface area contributed by atoms with Gasteiger partial charge in [0.2, 0.25) is 0 Å². The molecule has 0 spiro atoms. The molecule has 0 radical (unpaired) electrons. The zero-order valence-electron chi connectivity index (χ0n) is 23.4. The van der Waals surface area contributed by atoms with Gasteiger partial charge in [0.25, 0.3) is 0 Å². The Bertz CT molecular complexity index is 1400. The molecule has 3 aromatic carbocycles. The third-order valence-corrected chi connectivity index (χ3v) is 7.83. The minimum atomic E-state index is -2.99. The molecular formula is C31H36O8S. The van der Waals surface area contributed by atoms with Gasteiger partial charge in [-0.15, -0.1) is 0 Å². The number of esters is 1. The summed E-state index contributed by atoms with van der Waals surface area (Å²) in [5.74, 6) is 1.15. The molecule has 4 rings (SSSR count). The van der Waals surface area contributed by atoms with Gasteiger partial charge in [0.15, 0.2) is 0 Å². The summed E-state index contributed by atoms with van der Waals surface area (Å²) in [6, 6.07) is 19.9. The Balaban J connectivity index is 1.38. The lowest BCUT2D eigenvalue weighted by atomic mass is 9.91. The van der Waals surface area contributed by atoms with E-state index >= 15 is 0 Å². The molecule has 3 aromatic rings. The second-order valence-corrected chi connectivity index (χ2v) is 12.4. The molecule has 0 aromatic heterocycles. The van der Waals surface area contributed by atoms with Gasteiger partial charge in [-0.25, -0.2) is 13.2 Å². The predicted molar refractivity (Wildman–Crippen MR) is 152 cm³/mol. The Labute approximate surface area is 236 Å². The second kappa shape index (κ2) is 12.8. The van der Waals surface area contributed by atoms with Crippen LogP contribution < -0.4 is 9.47 Å². The number of hydrogen-bond donors (Lipinski definition) is 0. The van der Waals surface area contributed by atoms with Crippen LogP contribution in [0, 0.1) is 13.8 Å². The van der Waals surface area contributed by atoms with E-state index in [1.165, 1.54) is 13.4 Å². The van der Waals surface area contributed by atoms with Gasteiger partial charge in [0.1, 0.15) is 40.2 Å². The highest BCUT2D eigenvalue weighted by Gasteiger charge is 2.42. The van der Waals surface area contributed by atoms with Crippen LogP contribution in [0.15, 0.2) is 60.7 Å². The maximum absolute atomic E-state index is 11.5. The fourth-order valence-corrected chi connectivity index (χ4v) is 5.33. The molecule has 8 nitrogen and oxygen atoms in total. The topological polar surface area (TPSA) is 97.4 Å². The standard InChI is InChI=1S/C31H36O8S/c1-22-15-28(37-13-6-14-40(4,33)34)16-23(2)30(22)25-8-5-7-24(17-25)18-38-27-11-9-26(10-12-27)31(20-36-21-31)39-19-29(32)35-3/h5,7-12,15-17H,6,13-14,18-21H2,1-4H3. The first-order valence-corrected chi connectivity index (χ1v) is 15.2. The summed E-state index contributed by atoms with van der Waals surface area (Å²) >= 11 is 0. The molecule has 0 aliphatic carbocycles. The lowest BCUT2D eigenvalue weighted by molar-refractivity contribution is -0.220. The van der Waals surface area contributed by atoms with Crippen LogP contribution >= 0.6 is 0 Å². The minimum absolute atomic E-state index is 0.114. The molecule has 1 fully saturated rings. The Morgan fingerprint density at radius 1 is 0.950 bits per heavy atom. The van der Waals surface area contributed by atoms with Crippen molar-refractivity contribution in [3.8, 4) is 22.6 Å². The molecule has 1 heterocycles. The highest BCUT2D eigenvalue weighted by Crippen LogP contribution is 2.35. The van der Waals surface area contributed by atoms with Gasteiger partial charge in [-0.3, -0.25) is 0 Å². The summed E-state index contributed by atoms with van der Waals surface area (Å²) in [6.45, 7) is 5.48. The Hall–Kier alpha value is -3.40. The summed E-state index contributed by atoms with van der Waals surface area (Å²) < 4.78 is 50.4. The molecule has 0 saturated carbocycles. The lowest BCUT2D eigenvalue weighted by Crippen LogP contribution is -2.49. The first kappa shape index (κ1) is 29.6. The Morgan fingerprint density at radius 2 is 1.65 bits per heavy atom. The zero-order valence-corrected chi connectivity index (χ0v) is 24.2. The van der Waals surface area contributed by atoms with Gasteiger partial charge in [-0.1, -0.05) is 30.3 Å². The second-order valence-electron chi connectivity index (χ2n) is 10.1. The molecular weight excluding hydrogens is 532 g/mol. The van der Waals surface area contributed by atoms with Crippen molar-refractivity contribution in [2.45, 2.75) is 32.5 Å². The molecule has 0 amide bonds. The van der Waals surface area contributed by atoms with Crippen molar-refractivity contribution in [3.05, 3.63) is 82.9 Å². The number of aryl methyl sites for hydroxylation is 2. The Kier molecular flexibility index (Phi) is 9.50. The van der Waals surface area contributed by atoms with Crippen LogP contribution in [0.5, 0.6) is 11.5 Å². The molecule has 40 heavy (non-hydrogen) atoms. The molecule has 1 aliphatic rings. The number of ether oxygens (including phenoxy) is 5. The van der Waals surface area contributed by atoms with Crippen molar-refractivity contribution in [2.75, 3.05) is 45.5 Å². The molecule has 0 N–H and O–H groups in total. The summed E-state index contributed by atoms with van der Waals surface area (Å²) in [5.41, 5.74) is 5.69. The van der Waals surface area contributed by atoms with Crippen molar-refractivity contribution >= 4 is 15.8 Å². The fraction of sp³-hybridized carbons (Fsp3) is 0.387. The molecule has 0 bridgehead atoms. The summed E-state index contributed by atoms with van der Waals surface area (Å²) in [6.07, 6.45) is 1.69. The average molecular weight is 569 g/mol. The molecule has 0 atom stereocenters. The molecule has 0 unspecified atom stereocenters. The van der Waals surface area contributed by atoms with Crippen LogP contribution in [0.25, 0.3) is 11.1 Å². The third-order valence-electron chi connectivity index (χ3n) is 6.80. The zero-order chi connectivity index (χ0) is 28.8. The maximum atomic E-state index is 11.5. The average Bonchev–Trinajstić information content (AvgIpc) is 2.89. The normalized spacial score (nSPS) is 14.3. The number of carbonyl (C=O) groups excluding carboxylic acids is 1. The summed E-state index contributed by atoms with van der Waals surface area (Å²) in [4.78, 5) is 11.5. The molecule has 1 aliphatic heterocycles. The van der Waals surface area contributed by atoms with E-state index in [1.807, 2.05) is 62.4 Å². The van der Waals surface area contributed by atoms with E-state index in [2.05, 4.69) is 16.9 Å². The van der Waals surface area contributed by atoms with Crippen molar-refractivity contribution in [3.63, 3.8) is 0 Å². The number of sulfone groups is 1. The molecule has 9 heteroatoms. The van der Waals surface area contributed by atoms with Gasteiger partial charge in [0.05, 0.1) is 32.7 Å². The highest BCUT2D eigenvalue weighted by molar-refractivity contribution is 7.90. The van der Waals surface area contributed by atoms with E-state index < -0.39 is 21.4 Å². The molecule has 214 valence electrons. The minimum Gasteiger partial charge on any atom is -0.494 e. The van der Waals surface area contributed by atoms with Crippen molar-refractivity contribution < 1.29 is 36.9 Å². The van der Waals surface area contributed by atoms with Crippen LogP contribution in [0.3, 0.4) is 0 Å². The number of carbonyl (C=O) groups is 1. The van der Waals surface area contributed by atoms with E-state index in [0.29, 0.717) is 32.8 Å². The van der Waals surface area contributed by atoms with Gasteiger partial charge < -0.3 is 23.7 Å². The van der Waals surface area contributed by atoms with E-state index in [1.54, 1.807) is 0 Å². The Morgan fingerprint density at radius 3 is 2.25 bits per heavy atom. The van der Waals surface area contributed by atoms with Crippen molar-refractivity contribution in [1.29, 1.82) is 0 Å². The maximum Gasteiger partial charge on any atom is 0.331 e. The third kappa shape index (κ3) is 7.62. The van der Waals surface area contributed by atoms with Crippen LogP contribution in [0.4, 0.5) is 0 Å². The van der Waals surface area contributed by atoms with E-state index in [4.69, 9.17) is 18.9 Å². The van der Waals surface area contributed by atoms with Crippen molar-refractivity contribution in [1.82, 2.24) is 0 Å². The fourth-order valence-electron chi connectivity index (χ4n) is 4.69. The SMILES string of the molecule is COC(=O)COC1(c2ccc(OCc3cccc(-c4c(C)cc(OCCCS(C)(=O)=O)cc4C)c3)cc2)COC1. The van der Waals surface area contributed by atoms with E-state index in [0.717, 1.165) is 44.9 Å². The molecule has 1 saturated heterocycles. The monoisotopic (exact) mass is 568 g/mol. The van der Waals surface area contributed by atoms with E-state index in [-0.39, 0.29) is 12.4 Å². The first-order chi connectivity index (χ1) is 19.1. The van der Waals surface area contributed by atoms with Crippen LogP contribution in [-0.2, 0) is 41.1 Å². The summed E-state index contributed by atoms with van der Waals surface area (Å²) in [7, 11) is -1.66. The number of methoxy groups -OCH3 is 1.